The number of carbonyl (C=O) groups is 1. The van der Waals surface area contributed by atoms with Crippen molar-refractivity contribution in [1.29, 1.82) is 0 Å². The lowest BCUT2D eigenvalue weighted by Crippen LogP contribution is -2.39. The zero-order chi connectivity index (χ0) is 13.2. The number of hydrogen-bond donors (Lipinski definition) is 0. The molecule has 0 unspecified atom stereocenters. The third-order valence-electron chi connectivity index (χ3n) is 3.29. The van der Waals surface area contributed by atoms with E-state index in [-0.39, 0.29) is 18.1 Å². The van der Waals surface area contributed by atoms with Crippen molar-refractivity contribution in [2.45, 2.75) is 19.5 Å². The fraction of sp³-hybridized carbons (Fsp3) is 0.308. The average molecular weight is 260 g/mol. The number of hydrogen-bond acceptors (Lipinski definition) is 3. The number of amides is 1. The summed E-state index contributed by atoms with van der Waals surface area (Å²) in [5.74, 6) is 0.350. The second kappa shape index (κ2) is 4.79. The Morgan fingerprint density at radius 1 is 1.32 bits per heavy atom. The molecule has 0 atom stereocenters. The lowest BCUT2D eigenvalue weighted by Gasteiger charge is -2.27. The van der Waals surface area contributed by atoms with Crippen LogP contribution in [0.5, 0.6) is 0 Å². The summed E-state index contributed by atoms with van der Waals surface area (Å²) in [5, 5.41) is 7.77. The van der Waals surface area contributed by atoms with Crippen LogP contribution in [0.3, 0.4) is 0 Å². The summed E-state index contributed by atoms with van der Waals surface area (Å²) in [6.45, 7) is 1.73. The van der Waals surface area contributed by atoms with Crippen LogP contribution < -0.4 is 0 Å². The van der Waals surface area contributed by atoms with Gasteiger partial charge in [0, 0.05) is 13.1 Å². The fourth-order valence-corrected chi connectivity index (χ4v) is 2.20. The monoisotopic (exact) mass is 260 g/mol. The van der Waals surface area contributed by atoms with Gasteiger partial charge in [0.25, 0.3) is 0 Å². The first-order chi connectivity index (χ1) is 9.24. The molecule has 0 saturated heterocycles. The van der Waals surface area contributed by atoms with Crippen LogP contribution in [0, 0.1) is 5.82 Å². The second-order valence-corrected chi connectivity index (χ2v) is 4.52. The van der Waals surface area contributed by atoms with E-state index in [1.54, 1.807) is 29.4 Å². The molecule has 6 heteroatoms. The summed E-state index contributed by atoms with van der Waals surface area (Å²) in [7, 11) is 0. The van der Waals surface area contributed by atoms with Gasteiger partial charge in [-0.2, -0.15) is 0 Å². The summed E-state index contributed by atoms with van der Waals surface area (Å²) in [4.78, 5) is 13.8. The first kappa shape index (κ1) is 11.8. The second-order valence-electron chi connectivity index (χ2n) is 4.52. The van der Waals surface area contributed by atoms with Gasteiger partial charge in [-0.3, -0.25) is 4.79 Å². The minimum atomic E-state index is -0.337. The Bertz CT molecular complexity index is 610. The van der Waals surface area contributed by atoms with Crippen molar-refractivity contribution in [3.05, 3.63) is 47.8 Å². The van der Waals surface area contributed by atoms with E-state index < -0.39 is 0 Å². The zero-order valence-corrected chi connectivity index (χ0v) is 10.3. The Hall–Kier alpha value is -2.24. The molecule has 0 radical (unpaired) electrons. The highest BCUT2D eigenvalue weighted by Gasteiger charge is 2.22. The average Bonchev–Trinajstić information content (AvgIpc) is 2.88. The molecular formula is C13H13FN4O. The van der Waals surface area contributed by atoms with Crippen molar-refractivity contribution in [2.75, 3.05) is 6.54 Å². The first-order valence-electron chi connectivity index (χ1n) is 6.12. The number of aromatic nitrogens is 3. The summed E-state index contributed by atoms with van der Waals surface area (Å²) in [5.41, 5.74) is 0.430. The highest BCUT2D eigenvalue weighted by Crippen LogP contribution is 2.13. The molecule has 19 heavy (non-hydrogen) atoms. The van der Waals surface area contributed by atoms with Gasteiger partial charge in [-0.15, -0.1) is 10.2 Å². The number of halogens is 1. The Morgan fingerprint density at radius 2 is 2.16 bits per heavy atom. The van der Waals surface area contributed by atoms with Crippen molar-refractivity contribution < 1.29 is 9.18 Å². The van der Waals surface area contributed by atoms with E-state index in [1.807, 2.05) is 4.57 Å². The van der Waals surface area contributed by atoms with Gasteiger partial charge in [0.2, 0.25) is 5.91 Å². The molecule has 1 aliphatic heterocycles. The van der Waals surface area contributed by atoms with Gasteiger partial charge in [-0.1, -0.05) is 18.2 Å². The van der Waals surface area contributed by atoms with Crippen LogP contribution in [0.4, 0.5) is 4.39 Å². The topological polar surface area (TPSA) is 51.0 Å². The van der Waals surface area contributed by atoms with Crippen LogP contribution in [0.25, 0.3) is 0 Å². The van der Waals surface area contributed by atoms with E-state index in [1.165, 1.54) is 6.07 Å². The molecule has 1 aromatic carbocycles. The van der Waals surface area contributed by atoms with Gasteiger partial charge in [0.05, 0.1) is 13.0 Å². The van der Waals surface area contributed by atoms with Gasteiger partial charge >= 0.3 is 0 Å². The van der Waals surface area contributed by atoms with E-state index in [0.717, 1.165) is 5.82 Å². The standard InChI is InChI=1S/C13H13FN4O/c14-11-4-2-1-3-10(11)7-13(19)17-5-6-18-9-15-16-12(18)8-17/h1-4,9H,5-8H2. The van der Waals surface area contributed by atoms with Crippen molar-refractivity contribution in [3.63, 3.8) is 0 Å². The van der Waals surface area contributed by atoms with Crippen molar-refractivity contribution >= 4 is 5.91 Å². The van der Waals surface area contributed by atoms with E-state index in [9.17, 15) is 9.18 Å². The third kappa shape index (κ3) is 2.33. The van der Waals surface area contributed by atoms with Gasteiger partial charge in [-0.25, -0.2) is 4.39 Å². The summed E-state index contributed by atoms with van der Waals surface area (Å²) >= 11 is 0. The normalized spacial score (nSPS) is 14.3. The van der Waals surface area contributed by atoms with E-state index in [2.05, 4.69) is 10.2 Å². The van der Waals surface area contributed by atoms with Gasteiger partial charge in [0.1, 0.15) is 12.1 Å². The molecule has 1 aromatic heterocycles. The largest absolute Gasteiger partial charge is 0.333 e. The van der Waals surface area contributed by atoms with Crippen LogP contribution >= 0.6 is 0 Å². The number of carbonyl (C=O) groups excluding carboxylic acids is 1. The van der Waals surface area contributed by atoms with Crippen molar-refractivity contribution in [2.24, 2.45) is 0 Å². The molecule has 5 nitrogen and oxygen atoms in total. The maximum Gasteiger partial charge on any atom is 0.227 e. The summed E-state index contributed by atoms with van der Waals surface area (Å²) < 4.78 is 15.4. The quantitative estimate of drug-likeness (QED) is 0.809. The molecule has 0 N–H and O–H groups in total. The van der Waals surface area contributed by atoms with Crippen LogP contribution in [0.2, 0.25) is 0 Å². The molecule has 0 spiro atoms. The first-order valence-corrected chi connectivity index (χ1v) is 6.12. The third-order valence-corrected chi connectivity index (χ3v) is 3.29. The van der Waals surface area contributed by atoms with E-state index in [4.69, 9.17) is 0 Å². The van der Waals surface area contributed by atoms with Gasteiger partial charge in [-0.05, 0) is 11.6 Å². The van der Waals surface area contributed by atoms with Gasteiger partial charge in [0.15, 0.2) is 5.82 Å². The van der Waals surface area contributed by atoms with Crippen LogP contribution in [0.1, 0.15) is 11.4 Å². The highest BCUT2D eigenvalue weighted by molar-refractivity contribution is 5.78. The lowest BCUT2D eigenvalue weighted by molar-refractivity contribution is -0.132. The predicted molar refractivity (Wildman–Crippen MR) is 65.5 cm³/mol. The summed E-state index contributed by atoms with van der Waals surface area (Å²) in [6, 6.07) is 6.36. The summed E-state index contributed by atoms with van der Waals surface area (Å²) in [6.07, 6.45) is 1.74. The van der Waals surface area contributed by atoms with Crippen molar-refractivity contribution in [1.82, 2.24) is 19.7 Å². The molecule has 98 valence electrons. The van der Waals surface area contributed by atoms with Crippen molar-refractivity contribution in [3.8, 4) is 0 Å². The highest BCUT2D eigenvalue weighted by atomic mass is 19.1. The predicted octanol–water partition coefficient (Wildman–Crippen LogP) is 1.00. The molecule has 2 aromatic rings. The molecule has 0 bridgehead atoms. The Morgan fingerprint density at radius 3 is 3.00 bits per heavy atom. The van der Waals surface area contributed by atoms with Crippen LogP contribution in [0.15, 0.2) is 30.6 Å². The molecule has 0 fully saturated rings. The van der Waals surface area contributed by atoms with E-state index >= 15 is 0 Å². The molecule has 0 aliphatic carbocycles. The Labute approximate surface area is 109 Å². The fourth-order valence-electron chi connectivity index (χ4n) is 2.20. The minimum absolute atomic E-state index is 0.0839. The number of rotatable bonds is 2. The number of nitrogens with zero attached hydrogens (tertiary/aromatic N) is 4. The molecular weight excluding hydrogens is 247 g/mol. The molecule has 1 aliphatic rings. The minimum Gasteiger partial charge on any atom is -0.333 e. The maximum absolute atomic E-state index is 13.5. The molecule has 0 saturated carbocycles. The molecule has 2 heterocycles. The van der Waals surface area contributed by atoms with Crippen LogP contribution in [-0.4, -0.2) is 32.1 Å². The number of fused-ring (bicyclic) bond motifs is 1. The number of benzene rings is 1. The van der Waals surface area contributed by atoms with Crippen LogP contribution in [-0.2, 0) is 24.3 Å². The maximum atomic E-state index is 13.5. The smallest absolute Gasteiger partial charge is 0.227 e. The Balaban J connectivity index is 1.71. The van der Waals surface area contributed by atoms with E-state index in [0.29, 0.717) is 25.2 Å². The molecule has 1 amide bonds. The Kier molecular flexibility index (Phi) is 2.98. The van der Waals surface area contributed by atoms with Gasteiger partial charge < -0.3 is 9.47 Å². The SMILES string of the molecule is O=C(Cc1ccccc1F)N1CCn2cnnc2C1. The zero-order valence-electron chi connectivity index (χ0n) is 10.3. The lowest BCUT2D eigenvalue weighted by atomic mass is 10.1. The molecule has 3 rings (SSSR count).